The first-order chi connectivity index (χ1) is 10.4. The van der Waals surface area contributed by atoms with E-state index in [-0.39, 0.29) is 6.04 Å². The molecule has 0 aliphatic rings. The number of rotatable bonds is 9. The van der Waals surface area contributed by atoms with Crippen LogP contribution in [0.5, 0.6) is 0 Å². The van der Waals surface area contributed by atoms with Crippen molar-refractivity contribution in [1.82, 2.24) is 5.32 Å². The van der Waals surface area contributed by atoms with Crippen LogP contribution >= 0.6 is 23.2 Å². The Bertz CT molecular complexity index is 501. The fourth-order valence-corrected chi connectivity index (χ4v) is 3.02. The second-order valence-electron chi connectivity index (χ2n) is 5.72. The lowest BCUT2D eigenvalue weighted by Crippen LogP contribution is -2.44. The van der Waals surface area contributed by atoms with E-state index in [2.05, 4.69) is 12.2 Å². The summed E-state index contributed by atoms with van der Waals surface area (Å²) in [6, 6.07) is 5.69. The second kappa shape index (κ2) is 8.76. The molecular weight excluding hydrogens is 321 g/mol. The molecule has 1 aromatic rings. The number of halogens is 2. The number of nitrogens with one attached hydrogen (secondary N) is 1. The van der Waals surface area contributed by atoms with Crippen molar-refractivity contribution in [2.45, 2.75) is 52.5 Å². The van der Waals surface area contributed by atoms with E-state index in [4.69, 9.17) is 23.2 Å². The number of hydrogen-bond donors (Lipinski definition) is 2. The minimum atomic E-state index is -0.732. The molecule has 0 aliphatic heterocycles. The van der Waals surface area contributed by atoms with Gasteiger partial charge in [-0.25, -0.2) is 0 Å². The SMILES string of the molecule is CCC(Cc1ccc(Cl)cc1Cl)NCC(CC)(CC)C(=O)O. The molecule has 22 heavy (non-hydrogen) atoms. The van der Waals surface area contributed by atoms with Gasteiger partial charge in [-0.3, -0.25) is 4.79 Å². The topological polar surface area (TPSA) is 49.3 Å². The highest BCUT2D eigenvalue weighted by Crippen LogP contribution is 2.27. The summed E-state index contributed by atoms with van der Waals surface area (Å²) in [5, 5.41) is 14.2. The number of carbonyl (C=O) groups is 1. The molecule has 1 rings (SSSR count). The number of hydrogen-bond acceptors (Lipinski definition) is 2. The predicted molar refractivity (Wildman–Crippen MR) is 92.9 cm³/mol. The Morgan fingerprint density at radius 1 is 1.27 bits per heavy atom. The van der Waals surface area contributed by atoms with Crippen molar-refractivity contribution < 1.29 is 9.90 Å². The average molecular weight is 346 g/mol. The van der Waals surface area contributed by atoms with Gasteiger partial charge in [0, 0.05) is 22.6 Å². The Morgan fingerprint density at radius 3 is 2.36 bits per heavy atom. The van der Waals surface area contributed by atoms with Crippen LogP contribution in [0.25, 0.3) is 0 Å². The molecule has 3 nitrogen and oxygen atoms in total. The number of carboxylic acid groups (broad SMARTS) is 1. The zero-order valence-corrected chi connectivity index (χ0v) is 15.0. The van der Waals surface area contributed by atoms with Crippen molar-refractivity contribution in [1.29, 1.82) is 0 Å². The maximum absolute atomic E-state index is 11.6. The number of benzene rings is 1. The lowest BCUT2D eigenvalue weighted by atomic mass is 9.82. The summed E-state index contributed by atoms with van der Waals surface area (Å²) >= 11 is 12.1. The molecule has 1 atom stereocenters. The van der Waals surface area contributed by atoms with E-state index in [1.54, 1.807) is 6.07 Å². The van der Waals surface area contributed by atoms with Crippen LogP contribution in [-0.2, 0) is 11.2 Å². The van der Waals surface area contributed by atoms with Crippen molar-refractivity contribution in [3.63, 3.8) is 0 Å². The predicted octanol–water partition coefficient (Wildman–Crippen LogP) is 4.80. The summed E-state index contributed by atoms with van der Waals surface area (Å²) < 4.78 is 0. The fourth-order valence-electron chi connectivity index (χ4n) is 2.53. The van der Waals surface area contributed by atoms with Gasteiger partial charge < -0.3 is 10.4 Å². The van der Waals surface area contributed by atoms with Gasteiger partial charge in [0.25, 0.3) is 0 Å². The van der Waals surface area contributed by atoms with Gasteiger partial charge in [0.15, 0.2) is 0 Å². The van der Waals surface area contributed by atoms with Gasteiger partial charge in [-0.2, -0.15) is 0 Å². The van der Waals surface area contributed by atoms with Crippen LogP contribution in [0, 0.1) is 5.41 Å². The van der Waals surface area contributed by atoms with E-state index in [1.807, 2.05) is 26.0 Å². The molecule has 0 fully saturated rings. The minimum Gasteiger partial charge on any atom is -0.481 e. The van der Waals surface area contributed by atoms with Crippen LogP contribution in [0.15, 0.2) is 18.2 Å². The minimum absolute atomic E-state index is 0.190. The smallest absolute Gasteiger partial charge is 0.310 e. The normalized spacial score (nSPS) is 13.1. The van der Waals surface area contributed by atoms with E-state index < -0.39 is 11.4 Å². The third-order valence-electron chi connectivity index (χ3n) is 4.51. The Hall–Kier alpha value is -0.770. The molecular formula is C17H25Cl2NO2. The third kappa shape index (κ3) is 4.87. The zero-order chi connectivity index (χ0) is 16.8. The van der Waals surface area contributed by atoms with Gasteiger partial charge in [-0.1, -0.05) is 50.0 Å². The molecule has 0 aliphatic carbocycles. The number of carboxylic acids is 1. The van der Waals surface area contributed by atoms with E-state index >= 15 is 0 Å². The molecule has 0 spiro atoms. The molecule has 0 amide bonds. The summed E-state index contributed by atoms with van der Waals surface area (Å²) in [6.07, 6.45) is 2.89. The molecule has 0 aromatic heterocycles. The van der Waals surface area contributed by atoms with Crippen molar-refractivity contribution in [3.05, 3.63) is 33.8 Å². The third-order valence-corrected chi connectivity index (χ3v) is 5.10. The first kappa shape index (κ1) is 19.3. The molecule has 124 valence electrons. The van der Waals surface area contributed by atoms with Gasteiger partial charge in [-0.05, 0) is 43.4 Å². The maximum atomic E-state index is 11.6. The maximum Gasteiger partial charge on any atom is 0.310 e. The van der Waals surface area contributed by atoms with Gasteiger partial charge in [-0.15, -0.1) is 0 Å². The molecule has 5 heteroatoms. The molecule has 1 aromatic carbocycles. The summed E-state index contributed by atoms with van der Waals surface area (Å²) in [7, 11) is 0. The quantitative estimate of drug-likeness (QED) is 0.676. The lowest BCUT2D eigenvalue weighted by Gasteiger charge is -2.29. The monoisotopic (exact) mass is 345 g/mol. The summed E-state index contributed by atoms with van der Waals surface area (Å²) in [6.45, 7) is 6.41. The summed E-state index contributed by atoms with van der Waals surface area (Å²) in [5.74, 6) is -0.732. The Labute approximate surface area is 143 Å². The van der Waals surface area contributed by atoms with Crippen molar-refractivity contribution in [3.8, 4) is 0 Å². The van der Waals surface area contributed by atoms with Gasteiger partial charge >= 0.3 is 5.97 Å². The van der Waals surface area contributed by atoms with Crippen LogP contribution in [0.4, 0.5) is 0 Å². The largest absolute Gasteiger partial charge is 0.481 e. The first-order valence-corrected chi connectivity index (χ1v) is 8.54. The van der Waals surface area contributed by atoms with Crippen LogP contribution in [0.2, 0.25) is 10.0 Å². The zero-order valence-electron chi connectivity index (χ0n) is 13.5. The van der Waals surface area contributed by atoms with Crippen molar-refractivity contribution >= 4 is 29.2 Å². The molecule has 0 bridgehead atoms. The van der Waals surface area contributed by atoms with Gasteiger partial charge in [0.2, 0.25) is 0 Å². The number of aliphatic carboxylic acids is 1. The van der Waals surface area contributed by atoms with Crippen molar-refractivity contribution in [2.75, 3.05) is 6.54 Å². The van der Waals surface area contributed by atoms with Crippen LogP contribution in [0.1, 0.15) is 45.6 Å². The lowest BCUT2D eigenvalue weighted by molar-refractivity contribution is -0.149. The molecule has 0 saturated carbocycles. The average Bonchev–Trinajstić information content (AvgIpc) is 2.49. The Kier molecular flexibility index (Phi) is 7.67. The standard InChI is InChI=1S/C17H25Cl2NO2/c1-4-14(9-12-7-8-13(18)10-15(12)19)20-11-17(5-2,6-3)16(21)22/h7-8,10,14,20H,4-6,9,11H2,1-3H3,(H,21,22). The summed E-state index contributed by atoms with van der Waals surface area (Å²) in [4.78, 5) is 11.6. The molecule has 0 heterocycles. The highest BCUT2D eigenvalue weighted by molar-refractivity contribution is 6.35. The Morgan fingerprint density at radius 2 is 1.91 bits per heavy atom. The van der Waals surface area contributed by atoms with Crippen LogP contribution in [0.3, 0.4) is 0 Å². The van der Waals surface area contributed by atoms with Crippen molar-refractivity contribution in [2.24, 2.45) is 5.41 Å². The molecule has 2 N–H and O–H groups in total. The summed E-state index contributed by atoms with van der Waals surface area (Å²) in [5.41, 5.74) is 0.330. The van der Waals surface area contributed by atoms with Gasteiger partial charge in [0.1, 0.15) is 0 Å². The second-order valence-corrected chi connectivity index (χ2v) is 6.56. The van der Waals surface area contributed by atoms with Gasteiger partial charge in [0.05, 0.1) is 5.41 Å². The molecule has 0 saturated heterocycles. The van der Waals surface area contributed by atoms with Crippen LogP contribution in [-0.4, -0.2) is 23.7 Å². The first-order valence-electron chi connectivity index (χ1n) is 7.79. The van der Waals surface area contributed by atoms with E-state index in [1.165, 1.54) is 0 Å². The highest BCUT2D eigenvalue weighted by Gasteiger charge is 2.34. The van der Waals surface area contributed by atoms with E-state index in [9.17, 15) is 9.90 Å². The van der Waals surface area contributed by atoms with E-state index in [0.29, 0.717) is 29.4 Å². The van der Waals surface area contributed by atoms with E-state index in [0.717, 1.165) is 18.4 Å². The molecule has 1 unspecified atom stereocenters. The highest BCUT2D eigenvalue weighted by atomic mass is 35.5. The Balaban J connectivity index is 2.74. The van der Waals surface area contributed by atoms with Crippen LogP contribution < -0.4 is 5.32 Å². The fraction of sp³-hybridized carbons (Fsp3) is 0.588. The molecule has 0 radical (unpaired) electrons.